The maximum absolute atomic E-state index is 12.7. The number of nitrogens with zero attached hydrogens (tertiary/aromatic N) is 1. The van der Waals surface area contributed by atoms with Gasteiger partial charge in [0, 0.05) is 16.7 Å². The molecule has 0 aromatic heterocycles. The zero-order valence-electron chi connectivity index (χ0n) is 15.3. The van der Waals surface area contributed by atoms with Gasteiger partial charge in [-0.1, -0.05) is 6.07 Å². The lowest BCUT2D eigenvalue weighted by Crippen LogP contribution is -2.53. The van der Waals surface area contributed by atoms with E-state index < -0.39 is 23.7 Å². The average Bonchev–Trinajstić information content (AvgIpc) is 2.64. The molecule has 0 bridgehead atoms. The minimum Gasteiger partial charge on any atom is -0.485 e. The van der Waals surface area contributed by atoms with E-state index in [-0.39, 0.29) is 5.78 Å². The van der Waals surface area contributed by atoms with Crippen molar-refractivity contribution in [2.75, 3.05) is 0 Å². The molecule has 1 aliphatic rings. The first kappa shape index (κ1) is 18.6. The summed E-state index contributed by atoms with van der Waals surface area (Å²) in [7, 11) is 0. The van der Waals surface area contributed by atoms with E-state index in [0.29, 0.717) is 28.0 Å². The number of carbonyl (C=O) groups excluding carboxylic acids is 2. The Morgan fingerprint density at radius 3 is 2.59 bits per heavy atom. The maximum Gasteiger partial charge on any atom is 0.251 e. The predicted molar refractivity (Wildman–Crippen MR) is 98.5 cm³/mol. The van der Waals surface area contributed by atoms with Crippen LogP contribution in [0.2, 0.25) is 0 Å². The van der Waals surface area contributed by atoms with E-state index in [4.69, 9.17) is 10.00 Å². The summed E-state index contributed by atoms with van der Waals surface area (Å²) in [6.45, 7) is 4.91. The molecule has 0 spiro atoms. The van der Waals surface area contributed by atoms with Gasteiger partial charge in [0.05, 0.1) is 17.7 Å². The normalized spacial score (nSPS) is 20.0. The van der Waals surface area contributed by atoms with Crippen LogP contribution in [-0.4, -0.2) is 28.5 Å². The first-order chi connectivity index (χ1) is 12.7. The van der Waals surface area contributed by atoms with E-state index in [1.54, 1.807) is 50.2 Å². The van der Waals surface area contributed by atoms with Gasteiger partial charge in [0.15, 0.2) is 5.78 Å². The van der Waals surface area contributed by atoms with Crippen molar-refractivity contribution in [2.45, 2.75) is 38.5 Å². The van der Waals surface area contributed by atoms with Gasteiger partial charge in [-0.15, -0.1) is 0 Å². The lowest BCUT2D eigenvalue weighted by molar-refractivity contribution is -0.0627. The Kier molecular flexibility index (Phi) is 4.73. The summed E-state index contributed by atoms with van der Waals surface area (Å²) in [6, 6.07) is 12.5. The third-order valence-corrected chi connectivity index (χ3v) is 4.69. The van der Waals surface area contributed by atoms with Crippen molar-refractivity contribution in [1.82, 2.24) is 5.32 Å². The van der Waals surface area contributed by atoms with Gasteiger partial charge in [-0.05, 0) is 57.2 Å². The summed E-state index contributed by atoms with van der Waals surface area (Å²) >= 11 is 0. The Hall–Kier alpha value is -3.17. The van der Waals surface area contributed by atoms with Crippen molar-refractivity contribution in [3.63, 3.8) is 0 Å². The molecule has 1 amide bonds. The average molecular weight is 364 g/mol. The van der Waals surface area contributed by atoms with E-state index >= 15 is 0 Å². The summed E-state index contributed by atoms with van der Waals surface area (Å²) in [5, 5.41) is 22.6. The van der Waals surface area contributed by atoms with E-state index in [2.05, 4.69) is 5.32 Å². The molecule has 0 aliphatic carbocycles. The van der Waals surface area contributed by atoms with Crippen LogP contribution < -0.4 is 10.1 Å². The second-order valence-electron chi connectivity index (χ2n) is 7.10. The Bertz CT molecular complexity index is 959. The number of aliphatic hydroxyl groups is 1. The minimum absolute atomic E-state index is 0.121. The molecule has 0 unspecified atom stereocenters. The first-order valence-electron chi connectivity index (χ1n) is 8.56. The Morgan fingerprint density at radius 2 is 1.93 bits per heavy atom. The van der Waals surface area contributed by atoms with Gasteiger partial charge in [-0.25, -0.2) is 0 Å². The molecule has 0 saturated heterocycles. The lowest BCUT2D eigenvalue weighted by Gasteiger charge is -2.42. The van der Waals surface area contributed by atoms with Crippen LogP contribution in [0.15, 0.2) is 42.5 Å². The van der Waals surface area contributed by atoms with Gasteiger partial charge in [-0.2, -0.15) is 5.26 Å². The topological polar surface area (TPSA) is 99.4 Å². The largest absolute Gasteiger partial charge is 0.485 e. The van der Waals surface area contributed by atoms with Crippen molar-refractivity contribution < 1.29 is 19.4 Å². The number of rotatable bonds is 3. The van der Waals surface area contributed by atoms with Gasteiger partial charge < -0.3 is 15.2 Å². The number of benzene rings is 2. The summed E-state index contributed by atoms with van der Waals surface area (Å²) in [5.74, 6) is -0.0386. The second kappa shape index (κ2) is 6.86. The minimum atomic E-state index is -1.03. The molecule has 2 N–H and O–H groups in total. The molecule has 0 radical (unpaired) electrons. The molecule has 2 aromatic rings. The maximum atomic E-state index is 12.7. The summed E-state index contributed by atoms with van der Waals surface area (Å²) in [5.41, 5.74) is 0.760. The number of hydrogen-bond acceptors (Lipinski definition) is 5. The highest BCUT2D eigenvalue weighted by Gasteiger charge is 2.43. The highest BCUT2D eigenvalue weighted by Crippen LogP contribution is 2.40. The number of carbonyl (C=O) groups is 2. The Labute approximate surface area is 157 Å². The van der Waals surface area contributed by atoms with Crippen molar-refractivity contribution >= 4 is 11.7 Å². The highest BCUT2D eigenvalue weighted by molar-refractivity contribution is 5.96. The van der Waals surface area contributed by atoms with Crippen LogP contribution in [-0.2, 0) is 0 Å². The molecule has 1 aliphatic heterocycles. The van der Waals surface area contributed by atoms with Gasteiger partial charge in [0.2, 0.25) is 0 Å². The van der Waals surface area contributed by atoms with Crippen LogP contribution >= 0.6 is 0 Å². The van der Waals surface area contributed by atoms with Crippen molar-refractivity contribution in [2.24, 2.45) is 0 Å². The Balaban J connectivity index is 2.00. The smallest absolute Gasteiger partial charge is 0.251 e. The standard InChI is InChI=1S/C21H20N2O4/c1-12(24)14-7-8-17-16(10-14)18(19(25)21(2,3)27-17)23-20(26)15-6-4-5-13(9-15)11-22/h4-10,18-19,25H,1-3H3,(H,23,26)/t18-,19+/m0/s1. The van der Waals surface area contributed by atoms with Crippen molar-refractivity contribution in [1.29, 1.82) is 5.26 Å². The van der Waals surface area contributed by atoms with Crippen LogP contribution in [0.25, 0.3) is 0 Å². The van der Waals surface area contributed by atoms with Crippen LogP contribution in [0.5, 0.6) is 5.75 Å². The fourth-order valence-corrected chi connectivity index (χ4v) is 3.13. The van der Waals surface area contributed by atoms with E-state index in [1.807, 2.05) is 6.07 Å². The predicted octanol–water partition coefficient (Wildman–Crippen LogP) is 2.76. The number of fused-ring (bicyclic) bond motifs is 1. The molecule has 3 rings (SSSR count). The SMILES string of the molecule is CC(=O)c1ccc2c(c1)[C@H](NC(=O)c1cccc(C#N)c1)[C@@H](O)C(C)(C)O2. The number of aliphatic hydroxyl groups excluding tert-OH is 1. The van der Waals surface area contributed by atoms with Gasteiger partial charge >= 0.3 is 0 Å². The molecule has 1 heterocycles. The monoisotopic (exact) mass is 364 g/mol. The van der Waals surface area contributed by atoms with Crippen molar-refractivity contribution in [3.05, 3.63) is 64.7 Å². The van der Waals surface area contributed by atoms with Gasteiger partial charge in [0.1, 0.15) is 17.5 Å². The molecule has 0 fully saturated rings. The summed E-state index contributed by atoms with van der Waals surface area (Å²) in [6.07, 6.45) is -1.03. The van der Waals surface area contributed by atoms with E-state index in [9.17, 15) is 14.7 Å². The third-order valence-electron chi connectivity index (χ3n) is 4.69. The number of nitriles is 1. The van der Waals surface area contributed by atoms with Gasteiger partial charge in [0.25, 0.3) is 5.91 Å². The number of amides is 1. The number of Topliss-reactive ketones (excluding diaryl/α,β-unsaturated/α-hetero) is 1. The molecule has 27 heavy (non-hydrogen) atoms. The van der Waals surface area contributed by atoms with Crippen LogP contribution in [0.3, 0.4) is 0 Å². The molecule has 2 atom stereocenters. The number of ketones is 1. The van der Waals surface area contributed by atoms with E-state index in [1.165, 1.54) is 13.0 Å². The van der Waals surface area contributed by atoms with E-state index in [0.717, 1.165) is 0 Å². The number of hydrogen-bond donors (Lipinski definition) is 2. The zero-order valence-corrected chi connectivity index (χ0v) is 15.3. The fraction of sp³-hybridized carbons (Fsp3) is 0.286. The Morgan fingerprint density at radius 1 is 1.19 bits per heavy atom. The van der Waals surface area contributed by atoms with Crippen LogP contribution in [0.4, 0.5) is 0 Å². The molecule has 2 aromatic carbocycles. The number of ether oxygens (including phenoxy) is 1. The molecule has 0 saturated carbocycles. The lowest BCUT2D eigenvalue weighted by atomic mass is 9.85. The van der Waals surface area contributed by atoms with Crippen molar-refractivity contribution in [3.8, 4) is 11.8 Å². The fourth-order valence-electron chi connectivity index (χ4n) is 3.13. The number of nitrogens with one attached hydrogen (secondary N) is 1. The van der Waals surface area contributed by atoms with Gasteiger partial charge in [-0.3, -0.25) is 9.59 Å². The molecule has 6 nitrogen and oxygen atoms in total. The second-order valence-corrected chi connectivity index (χ2v) is 7.10. The third kappa shape index (κ3) is 3.55. The molecule has 6 heteroatoms. The zero-order chi connectivity index (χ0) is 19.8. The summed E-state index contributed by atoms with van der Waals surface area (Å²) in [4.78, 5) is 24.5. The highest BCUT2D eigenvalue weighted by atomic mass is 16.5. The molecular weight excluding hydrogens is 344 g/mol. The van der Waals surface area contributed by atoms with Crippen LogP contribution in [0.1, 0.15) is 58.7 Å². The van der Waals surface area contributed by atoms with Crippen LogP contribution in [0, 0.1) is 11.3 Å². The summed E-state index contributed by atoms with van der Waals surface area (Å²) < 4.78 is 5.86. The molecular formula is C21H20N2O4. The first-order valence-corrected chi connectivity index (χ1v) is 8.56. The quantitative estimate of drug-likeness (QED) is 0.816. The molecule has 138 valence electrons.